The van der Waals surface area contributed by atoms with Crippen molar-refractivity contribution in [3.05, 3.63) is 54.2 Å². The van der Waals surface area contributed by atoms with Crippen LogP contribution in [-0.2, 0) is 9.53 Å². The summed E-state index contributed by atoms with van der Waals surface area (Å²) in [4.78, 5) is 17.4. The van der Waals surface area contributed by atoms with Crippen molar-refractivity contribution >= 4 is 16.9 Å². The van der Waals surface area contributed by atoms with E-state index < -0.39 is 0 Å². The number of carbonyl (C=O) groups excluding carboxylic acids is 1. The van der Waals surface area contributed by atoms with Gasteiger partial charge in [0, 0.05) is 48.2 Å². The Morgan fingerprint density at radius 1 is 1.27 bits per heavy atom. The predicted octanol–water partition coefficient (Wildman–Crippen LogP) is 3.34. The summed E-state index contributed by atoms with van der Waals surface area (Å²) in [5, 5.41) is 20.1. The number of nitrogens with one attached hydrogen (secondary N) is 1. The third-order valence-corrected chi connectivity index (χ3v) is 6.23. The number of hydrogen-bond donors (Lipinski definition) is 2. The van der Waals surface area contributed by atoms with Gasteiger partial charge in [-0.05, 0) is 42.7 Å². The van der Waals surface area contributed by atoms with Crippen LogP contribution in [0, 0.1) is 0 Å². The van der Waals surface area contributed by atoms with Crippen molar-refractivity contribution in [3.63, 3.8) is 0 Å². The minimum atomic E-state index is -0.0269. The highest BCUT2D eigenvalue weighted by Gasteiger charge is 2.33. The fourth-order valence-corrected chi connectivity index (χ4v) is 4.70. The molecule has 1 unspecified atom stereocenters. The molecule has 0 bridgehead atoms. The number of ether oxygens (including phenoxy) is 1. The first-order valence-electron chi connectivity index (χ1n) is 10.3. The van der Waals surface area contributed by atoms with E-state index in [0.29, 0.717) is 24.4 Å². The van der Waals surface area contributed by atoms with Crippen LogP contribution in [0.5, 0.6) is 5.75 Å². The van der Waals surface area contributed by atoms with Crippen molar-refractivity contribution in [3.8, 4) is 17.0 Å². The number of likely N-dealkylation sites (tertiary alicyclic amines) is 1. The number of aromatic hydroxyl groups is 1. The van der Waals surface area contributed by atoms with Gasteiger partial charge in [-0.3, -0.25) is 4.79 Å². The monoisotopic (exact) mass is 404 g/mol. The summed E-state index contributed by atoms with van der Waals surface area (Å²) in [6.07, 6.45) is 3.23. The Bertz CT molecular complexity index is 1120. The summed E-state index contributed by atoms with van der Waals surface area (Å²) >= 11 is 0. The van der Waals surface area contributed by atoms with Gasteiger partial charge in [0.1, 0.15) is 5.75 Å². The number of benzene rings is 1. The molecule has 5 rings (SSSR count). The molecule has 0 aliphatic carbocycles. The summed E-state index contributed by atoms with van der Waals surface area (Å²) in [5.74, 6) is 0.648. The normalized spacial score (nSPS) is 21.4. The number of aromatic amines is 1. The largest absolute Gasteiger partial charge is 0.507 e. The van der Waals surface area contributed by atoms with Crippen LogP contribution >= 0.6 is 0 Å². The van der Waals surface area contributed by atoms with Crippen LogP contribution in [0.1, 0.15) is 35.9 Å². The first kappa shape index (κ1) is 18.8. The quantitative estimate of drug-likeness (QED) is 0.651. The van der Waals surface area contributed by atoms with Gasteiger partial charge in [-0.15, -0.1) is 10.2 Å². The number of phenolic OH excluding ortho intramolecular Hbond substituents is 1. The molecule has 0 radical (unpaired) electrons. The van der Waals surface area contributed by atoms with Gasteiger partial charge in [0.25, 0.3) is 0 Å². The highest BCUT2D eigenvalue weighted by molar-refractivity contribution is 5.88. The van der Waals surface area contributed by atoms with Gasteiger partial charge >= 0.3 is 0 Å². The Morgan fingerprint density at radius 2 is 2.13 bits per heavy atom. The van der Waals surface area contributed by atoms with E-state index in [1.54, 1.807) is 12.1 Å². The topological polar surface area (TPSA) is 91.3 Å². The van der Waals surface area contributed by atoms with Gasteiger partial charge in [0.05, 0.1) is 12.3 Å². The van der Waals surface area contributed by atoms with Gasteiger partial charge in [-0.25, -0.2) is 0 Å². The number of para-hydroxylation sites is 1. The molecule has 2 fully saturated rings. The molecule has 1 aromatic carbocycles. The maximum atomic E-state index is 12.1. The summed E-state index contributed by atoms with van der Waals surface area (Å²) in [6, 6.07) is 9.16. The Balaban J connectivity index is 1.61. The van der Waals surface area contributed by atoms with Crippen LogP contribution in [-0.4, -0.2) is 57.4 Å². The molecule has 2 aromatic heterocycles. The third-order valence-electron chi connectivity index (χ3n) is 6.23. The summed E-state index contributed by atoms with van der Waals surface area (Å²) in [5.41, 5.74) is 4.38. The fraction of sp³-hybridized carbons (Fsp3) is 0.348. The van der Waals surface area contributed by atoms with E-state index in [1.165, 1.54) is 11.6 Å². The van der Waals surface area contributed by atoms with Crippen LogP contribution in [0.25, 0.3) is 22.3 Å². The lowest BCUT2D eigenvalue weighted by molar-refractivity contribution is -0.125. The molecule has 7 nitrogen and oxygen atoms in total. The number of nitrogens with zero attached hydrogens (tertiary/aromatic N) is 3. The maximum Gasteiger partial charge on any atom is 0.245 e. The predicted molar refractivity (Wildman–Crippen MR) is 113 cm³/mol. The Morgan fingerprint density at radius 3 is 2.90 bits per heavy atom. The zero-order valence-electron chi connectivity index (χ0n) is 16.7. The molecule has 0 saturated carbocycles. The fourth-order valence-electron chi connectivity index (χ4n) is 4.70. The van der Waals surface area contributed by atoms with E-state index in [1.807, 2.05) is 23.1 Å². The van der Waals surface area contributed by atoms with Crippen molar-refractivity contribution in [1.29, 1.82) is 0 Å². The van der Waals surface area contributed by atoms with Crippen molar-refractivity contribution in [2.75, 3.05) is 26.3 Å². The molecule has 4 heterocycles. The summed E-state index contributed by atoms with van der Waals surface area (Å²) in [7, 11) is 0. The first-order chi connectivity index (χ1) is 14.7. The standard InChI is InChI=1S/C23H24N4O3/c1-2-20(29)27-9-7-14(12-27)22-21(15-8-10-30-13-15)17-11-18(25-26-23(17)24-22)16-5-3-4-6-19(16)28/h2-6,11,14-15,28H,1,7-10,12-13H2,(H,24,26)/t14?,15-/m1/s1. The van der Waals surface area contributed by atoms with Gasteiger partial charge in [0.15, 0.2) is 5.65 Å². The molecule has 0 spiro atoms. The van der Waals surface area contributed by atoms with E-state index >= 15 is 0 Å². The van der Waals surface area contributed by atoms with Crippen molar-refractivity contribution in [2.45, 2.75) is 24.7 Å². The smallest absolute Gasteiger partial charge is 0.245 e. The highest BCUT2D eigenvalue weighted by Crippen LogP contribution is 2.40. The number of hydrogen-bond acceptors (Lipinski definition) is 5. The van der Waals surface area contributed by atoms with Crippen LogP contribution in [0.15, 0.2) is 43.0 Å². The zero-order valence-corrected chi connectivity index (χ0v) is 16.7. The van der Waals surface area contributed by atoms with Gasteiger partial charge in [0.2, 0.25) is 5.91 Å². The second kappa shape index (κ2) is 7.57. The van der Waals surface area contributed by atoms with Gasteiger partial charge < -0.3 is 19.7 Å². The van der Waals surface area contributed by atoms with E-state index in [4.69, 9.17) is 4.74 Å². The van der Waals surface area contributed by atoms with E-state index in [2.05, 4.69) is 21.8 Å². The van der Waals surface area contributed by atoms with Crippen LogP contribution < -0.4 is 0 Å². The second-order valence-corrected chi connectivity index (χ2v) is 8.00. The lowest BCUT2D eigenvalue weighted by Gasteiger charge is -2.17. The number of rotatable bonds is 4. The molecule has 7 heteroatoms. The van der Waals surface area contributed by atoms with Gasteiger partial charge in [-0.1, -0.05) is 18.7 Å². The van der Waals surface area contributed by atoms with Crippen LogP contribution in [0.4, 0.5) is 0 Å². The number of phenols is 1. The highest BCUT2D eigenvalue weighted by atomic mass is 16.5. The molecule has 3 aromatic rings. The number of carbonyl (C=O) groups is 1. The van der Waals surface area contributed by atoms with Crippen LogP contribution in [0.3, 0.4) is 0 Å². The average Bonchev–Trinajstić information content (AvgIpc) is 3.51. The molecule has 2 aliphatic rings. The lowest BCUT2D eigenvalue weighted by Crippen LogP contribution is -2.26. The lowest BCUT2D eigenvalue weighted by atomic mass is 9.90. The Kier molecular flexibility index (Phi) is 4.75. The molecule has 30 heavy (non-hydrogen) atoms. The molecule has 2 aliphatic heterocycles. The minimum absolute atomic E-state index is 0.0269. The molecule has 2 saturated heterocycles. The summed E-state index contributed by atoms with van der Waals surface area (Å²) in [6.45, 7) is 6.42. The van der Waals surface area contributed by atoms with Crippen molar-refractivity contribution < 1.29 is 14.6 Å². The van der Waals surface area contributed by atoms with Crippen LogP contribution in [0.2, 0.25) is 0 Å². The average molecular weight is 404 g/mol. The molecule has 154 valence electrons. The maximum absolute atomic E-state index is 12.1. The third kappa shape index (κ3) is 3.15. The van der Waals surface area contributed by atoms with E-state index in [0.717, 1.165) is 42.7 Å². The van der Waals surface area contributed by atoms with E-state index in [9.17, 15) is 9.90 Å². The molecule has 1 amide bonds. The minimum Gasteiger partial charge on any atom is -0.507 e. The number of amides is 1. The van der Waals surface area contributed by atoms with Crippen molar-refractivity contribution in [1.82, 2.24) is 20.1 Å². The molecule has 2 atom stereocenters. The number of aromatic nitrogens is 3. The Hall–Kier alpha value is -3.19. The number of fused-ring (bicyclic) bond motifs is 1. The first-order valence-corrected chi connectivity index (χ1v) is 10.3. The van der Waals surface area contributed by atoms with Gasteiger partial charge in [-0.2, -0.15) is 0 Å². The second-order valence-electron chi connectivity index (χ2n) is 8.00. The Labute approximate surface area is 174 Å². The molecule has 2 N–H and O–H groups in total. The van der Waals surface area contributed by atoms with Crippen molar-refractivity contribution in [2.24, 2.45) is 0 Å². The molecular formula is C23H24N4O3. The molecular weight excluding hydrogens is 380 g/mol. The van der Waals surface area contributed by atoms with E-state index in [-0.39, 0.29) is 23.5 Å². The SMILES string of the molecule is C=CC(=O)N1CCC(c2[nH]c3nnc(-c4ccccc4O)cc3c2[C@@H]2CCOC2)C1. The summed E-state index contributed by atoms with van der Waals surface area (Å²) < 4.78 is 5.69. The number of H-pyrrole nitrogens is 1. The zero-order chi connectivity index (χ0) is 20.7.